The predicted molar refractivity (Wildman–Crippen MR) is 190 cm³/mol. The van der Waals surface area contributed by atoms with Gasteiger partial charge in [0.2, 0.25) is 0 Å². The Morgan fingerprint density at radius 2 is 1.49 bits per heavy atom. The van der Waals surface area contributed by atoms with E-state index in [-0.39, 0.29) is 0 Å². The van der Waals surface area contributed by atoms with Crippen LogP contribution in [0.3, 0.4) is 0 Å². The van der Waals surface area contributed by atoms with E-state index >= 15 is 0 Å². The number of hydroxylamine groups is 4. The molecular formula is C38H51BrN4O2. The summed E-state index contributed by atoms with van der Waals surface area (Å²) < 4.78 is 1.11. The third kappa shape index (κ3) is 12.4. The zero-order valence-electron chi connectivity index (χ0n) is 27.4. The number of aromatic nitrogens is 1. The van der Waals surface area contributed by atoms with Crippen LogP contribution in [-0.2, 0) is 19.5 Å². The molecular weight excluding hydrogens is 624 g/mol. The van der Waals surface area contributed by atoms with Gasteiger partial charge in [-0.25, -0.2) is 0 Å². The Hall–Kier alpha value is -2.97. The molecule has 6 nitrogen and oxygen atoms in total. The van der Waals surface area contributed by atoms with Crippen molar-refractivity contribution in [1.82, 2.24) is 20.4 Å². The number of rotatable bonds is 16. The zero-order chi connectivity index (χ0) is 31.7. The van der Waals surface area contributed by atoms with Crippen molar-refractivity contribution in [3.8, 4) is 11.5 Å². The maximum Gasteiger partial charge on any atom is 0.148 e. The molecule has 0 spiro atoms. The summed E-state index contributed by atoms with van der Waals surface area (Å²) in [6.07, 6.45) is 14.7. The van der Waals surface area contributed by atoms with Crippen LogP contribution in [0, 0.1) is 0 Å². The molecule has 242 valence electrons. The molecule has 1 aromatic heterocycles. The highest BCUT2D eigenvalue weighted by Crippen LogP contribution is 2.23. The Labute approximate surface area is 279 Å². The Morgan fingerprint density at radius 1 is 0.756 bits per heavy atom. The minimum atomic E-state index is 0.804. The van der Waals surface area contributed by atoms with E-state index in [9.17, 15) is 0 Å². The lowest BCUT2D eigenvalue weighted by molar-refractivity contribution is -0.0682. The summed E-state index contributed by atoms with van der Waals surface area (Å²) in [4.78, 5) is 16.2. The molecule has 0 amide bonds. The number of nitrogens with zero attached hydrogens (tertiary/aromatic N) is 3. The van der Waals surface area contributed by atoms with Crippen molar-refractivity contribution in [2.75, 3.05) is 26.7 Å². The molecule has 0 saturated carbocycles. The summed E-state index contributed by atoms with van der Waals surface area (Å²) in [5.74, 6) is 1.84. The van der Waals surface area contributed by atoms with Gasteiger partial charge in [-0.15, -0.1) is 10.1 Å². The minimum absolute atomic E-state index is 0.804. The van der Waals surface area contributed by atoms with Gasteiger partial charge in [0.05, 0.1) is 6.54 Å². The maximum absolute atomic E-state index is 6.30. The second-order valence-corrected chi connectivity index (χ2v) is 12.8. The predicted octanol–water partition coefficient (Wildman–Crippen LogP) is 9.51. The fraction of sp³-hybridized carbons (Fsp3) is 0.447. The van der Waals surface area contributed by atoms with Gasteiger partial charge >= 0.3 is 0 Å². The van der Waals surface area contributed by atoms with Crippen LogP contribution in [-0.4, -0.2) is 41.8 Å². The average Bonchev–Trinajstić information content (AvgIpc) is 3.06. The van der Waals surface area contributed by atoms with Crippen LogP contribution in [0.1, 0.15) is 81.9 Å². The van der Waals surface area contributed by atoms with Gasteiger partial charge < -0.3 is 15.0 Å². The van der Waals surface area contributed by atoms with E-state index in [2.05, 4.69) is 93.7 Å². The van der Waals surface area contributed by atoms with Gasteiger partial charge in [-0.05, 0) is 96.4 Å². The van der Waals surface area contributed by atoms with Gasteiger partial charge in [0.25, 0.3) is 0 Å². The number of hydrogen-bond acceptors (Lipinski definition) is 6. The van der Waals surface area contributed by atoms with Gasteiger partial charge in [-0.1, -0.05) is 86.5 Å². The van der Waals surface area contributed by atoms with Crippen LogP contribution in [0.4, 0.5) is 0 Å². The summed E-state index contributed by atoms with van der Waals surface area (Å²) >= 11 is 3.51. The molecule has 2 heterocycles. The van der Waals surface area contributed by atoms with E-state index < -0.39 is 0 Å². The highest BCUT2D eigenvalue weighted by molar-refractivity contribution is 9.10. The first-order valence-electron chi connectivity index (χ1n) is 16.8. The van der Waals surface area contributed by atoms with Crippen molar-refractivity contribution in [2.24, 2.45) is 0 Å². The van der Waals surface area contributed by atoms with Crippen LogP contribution in [0.2, 0.25) is 0 Å². The van der Waals surface area contributed by atoms with E-state index in [1.807, 2.05) is 36.5 Å². The molecule has 0 fully saturated rings. The zero-order valence-corrected chi connectivity index (χ0v) is 29.0. The summed E-state index contributed by atoms with van der Waals surface area (Å²) in [7, 11) is 1.99. The molecule has 1 aliphatic heterocycles. The number of fused-ring (bicyclic) bond motifs is 2. The Bertz CT molecular complexity index is 1410. The monoisotopic (exact) mass is 674 g/mol. The lowest BCUT2D eigenvalue weighted by atomic mass is 10.0. The molecule has 0 bridgehead atoms. The lowest BCUT2D eigenvalue weighted by Crippen LogP contribution is -2.29. The van der Waals surface area contributed by atoms with Gasteiger partial charge in [0, 0.05) is 48.9 Å². The van der Waals surface area contributed by atoms with Gasteiger partial charge in [0.15, 0.2) is 0 Å². The van der Waals surface area contributed by atoms with Crippen LogP contribution in [0.15, 0.2) is 83.6 Å². The molecule has 7 heteroatoms. The van der Waals surface area contributed by atoms with Crippen LogP contribution < -0.4 is 15.0 Å². The number of unbranched alkanes of at least 4 members (excludes halogenated alkanes) is 6. The standard InChI is InChI=1S/C22H29BrN2O.C16H22N2O/c1-2-3-4-5-14-25(17-18-6-9-21(23)10-7-18)26-22-11-8-20-16-24-13-12-19(20)15-22;1-3-4-5-6-11-18(2)19-16-8-7-15-13-17-10-9-14(15)12-16/h6-11,15,24H,2-5,12-14,16-17H2,1H3;7-10,12-13H,3-6,11H2,1-2H3. The van der Waals surface area contributed by atoms with Crippen molar-refractivity contribution in [2.45, 2.75) is 84.7 Å². The summed E-state index contributed by atoms with van der Waals surface area (Å²) in [6.45, 7) is 9.22. The fourth-order valence-corrected chi connectivity index (χ4v) is 5.69. The fourth-order valence-electron chi connectivity index (χ4n) is 5.43. The lowest BCUT2D eigenvalue weighted by Gasteiger charge is -2.24. The maximum atomic E-state index is 6.30. The molecule has 0 aliphatic carbocycles. The first-order valence-corrected chi connectivity index (χ1v) is 17.6. The molecule has 0 unspecified atom stereocenters. The molecule has 1 aliphatic rings. The summed E-state index contributed by atoms with van der Waals surface area (Å²) in [6, 6.07) is 23.1. The highest BCUT2D eigenvalue weighted by Gasteiger charge is 2.13. The Kier molecular flexibility index (Phi) is 15.1. The van der Waals surface area contributed by atoms with Crippen molar-refractivity contribution in [1.29, 1.82) is 0 Å². The third-order valence-corrected chi connectivity index (χ3v) is 8.56. The molecule has 0 atom stereocenters. The highest BCUT2D eigenvalue weighted by atomic mass is 79.9. The largest absolute Gasteiger partial charge is 0.406 e. The number of benzene rings is 3. The second kappa shape index (κ2) is 19.5. The van der Waals surface area contributed by atoms with Gasteiger partial charge in [-0.3, -0.25) is 4.98 Å². The molecule has 3 aromatic carbocycles. The molecule has 1 N–H and O–H groups in total. The summed E-state index contributed by atoms with van der Waals surface area (Å²) in [5.41, 5.74) is 4.08. The minimum Gasteiger partial charge on any atom is -0.406 e. The number of hydrogen-bond donors (Lipinski definition) is 1. The average molecular weight is 676 g/mol. The smallest absolute Gasteiger partial charge is 0.148 e. The van der Waals surface area contributed by atoms with E-state index in [1.165, 1.54) is 68.1 Å². The van der Waals surface area contributed by atoms with Gasteiger partial charge in [-0.2, -0.15) is 0 Å². The second-order valence-electron chi connectivity index (χ2n) is 11.9. The van der Waals surface area contributed by atoms with Crippen molar-refractivity contribution >= 4 is 26.7 Å². The molecule has 4 aromatic rings. The topological polar surface area (TPSA) is 49.9 Å². The Balaban J connectivity index is 0.000000215. The van der Waals surface area contributed by atoms with E-state index in [1.54, 1.807) is 6.20 Å². The quantitative estimate of drug-likeness (QED) is 0.0944. The van der Waals surface area contributed by atoms with Crippen LogP contribution >= 0.6 is 15.9 Å². The van der Waals surface area contributed by atoms with Gasteiger partial charge in [0.1, 0.15) is 11.5 Å². The third-order valence-electron chi connectivity index (χ3n) is 8.03. The van der Waals surface area contributed by atoms with Crippen molar-refractivity contribution < 1.29 is 9.68 Å². The van der Waals surface area contributed by atoms with Crippen LogP contribution in [0.5, 0.6) is 11.5 Å². The van der Waals surface area contributed by atoms with E-state index in [0.29, 0.717) is 0 Å². The Morgan fingerprint density at radius 3 is 2.27 bits per heavy atom. The molecule has 45 heavy (non-hydrogen) atoms. The first-order chi connectivity index (χ1) is 22.0. The van der Waals surface area contributed by atoms with E-state index in [4.69, 9.17) is 9.68 Å². The van der Waals surface area contributed by atoms with E-state index in [0.717, 1.165) is 65.9 Å². The normalized spacial score (nSPS) is 12.6. The van der Waals surface area contributed by atoms with Crippen molar-refractivity contribution in [3.63, 3.8) is 0 Å². The van der Waals surface area contributed by atoms with Crippen LogP contribution in [0.25, 0.3) is 10.8 Å². The SMILES string of the molecule is CCCCCCN(C)Oc1ccc2cnccc2c1.CCCCCCN(Cc1ccc(Br)cc1)Oc1ccc2c(c1)CCNC2. The number of nitrogens with one attached hydrogen (secondary N) is 1. The first kappa shape index (κ1) is 34.9. The number of halogens is 1. The van der Waals surface area contributed by atoms with Crippen molar-refractivity contribution in [3.05, 3.63) is 100 Å². The number of pyridine rings is 1. The summed E-state index contributed by atoms with van der Waals surface area (Å²) in [5, 5.41) is 9.75. The molecule has 5 rings (SSSR count). The molecule has 0 radical (unpaired) electrons. The molecule has 0 saturated heterocycles.